The van der Waals surface area contributed by atoms with Gasteiger partial charge >= 0.3 is 0 Å². The van der Waals surface area contributed by atoms with Crippen LogP contribution in [0.4, 0.5) is 0 Å². The van der Waals surface area contributed by atoms with Crippen LogP contribution in [0.25, 0.3) is 11.5 Å². The number of amides is 1. The van der Waals surface area contributed by atoms with E-state index in [0.717, 1.165) is 42.7 Å². The summed E-state index contributed by atoms with van der Waals surface area (Å²) in [6.45, 7) is 4.50. The van der Waals surface area contributed by atoms with Crippen LogP contribution < -0.4 is 0 Å². The number of rotatable bonds is 3. The second kappa shape index (κ2) is 6.81. The van der Waals surface area contributed by atoms with Gasteiger partial charge in [-0.1, -0.05) is 35.9 Å². The molecular formula is C23H24N4O2. The molecule has 2 aromatic carbocycles. The SMILES string of the molecule is Cc1cccc(C(=O)N2CC3(CC(c4nnc(-c5ccccc5)o4)N(C)C3)C2)c1. The Kier molecular flexibility index (Phi) is 4.24. The van der Waals surface area contributed by atoms with Crippen molar-refractivity contribution in [2.24, 2.45) is 5.41 Å². The summed E-state index contributed by atoms with van der Waals surface area (Å²) >= 11 is 0. The first-order chi connectivity index (χ1) is 14.0. The number of benzene rings is 2. The summed E-state index contributed by atoms with van der Waals surface area (Å²) in [5.41, 5.74) is 2.92. The van der Waals surface area contributed by atoms with Crippen molar-refractivity contribution in [2.45, 2.75) is 19.4 Å². The first-order valence-corrected chi connectivity index (χ1v) is 9.98. The van der Waals surface area contributed by atoms with E-state index in [2.05, 4.69) is 22.1 Å². The molecule has 0 saturated carbocycles. The first-order valence-electron chi connectivity index (χ1n) is 9.98. The van der Waals surface area contributed by atoms with Crippen molar-refractivity contribution in [3.63, 3.8) is 0 Å². The fraction of sp³-hybridized carbons (Fsp3) is 0.348. The molecule has 1 unspecified atom stereocenters. The topological polar surface area (TPSA) is 62.5 Å². The van der Waals surface area contributed by atoms with Crippen LogP contribution in [0.3, 0.4) is 0 Å². The van der Waals surface area contributed by atoms with Crippen LogP contribution >= 0.6 is 0 Å². The molecule has 2 fully saturated rings. The molecule has 0 aliphatic carbocycles. The first kappa shape index (κ1) is 18.1. The normalized spacial score (nSPS) is 20.8. The molecule has 29 heavy (non-hydrogen) atoms. The van der Waals surface area contributed by atoms with E-state index in [4.69, 9.17) is 4.42 Å². The molecule has 0 N–H and O–H groups in total. The van der Waals surface area contributed by atoms with Gasteiger partial charge < -0.3 is 9.32 Å². The molecule has 2 aliphatic rings. The van der Waals surface area contributed by atoms with Gasteiger partial charge in [0.1, 0.15) is 0 Å². The monoisotopic (exact) mass is 388 g/mol. The molecule has 3 heterocycles. The van der Waals surface area contributed by atoms with Crippen LogP contribution in [0.5, 0.6) is 0 Å². The van der Waals surface area contributed by atoms with E-state index in [0.29, 0.717) is 11.8 Å². The molecule has 2 saturated heterocycles. The van der Waals surface area contributed by atoms with Gasteiger partial charge in [-0.05, 0) is 44.7 Å². The third kappa shape index (κ3) is 3.23. The molecule has 1 aromatic heterocycles. The van der Waals surface area contributed by atoms with Gasteiger partial charge in [-0.15, -0.1) is 10.2 Å². The van der Waals surface area contributed by atoms with Crippen molar-refractivity contribution in [3.8, 4) is 11.5 Å². The fourth-order valence-corrected chi connectivity index (χ4v) is 4.71. The van der Waals surface area contributed by atoms with Gasteiger partial charge in [0.15, 0.2) is 0 Å². The average molecular weight is 388 g/mol. The highest BCUT2D eigenvalue weighted by Gasteiger charge is 2.53. The standard InChI is InChI=1S/C23H24N4O2/c1-16-7-6-10-18(11-16)22(28)27-14-23(15-27)12-19(26(2)13-23)21-25-24-20(29-21)17-8-4-3-5-9-17/h3-11,19H,12-15H2,1-2H3. The third-order valence-corrected chi connectivity index (χ3v) is 6.09. The van der Waals surface area contributed by atoms with Crippen LogP contribution in [0.2, 0.25) is 0 Å². The molecule has 5 rings (SSSR count). The van der Waals surface area contributed by atoms with E-state index in [9.17, 15) is 4.79 Å². The summed E-state index contributed by atoms with van der Waals surface area (Å²) in [4.78, 5) is 17.0. The van der Waals surface area contributed by atoms with Crippen molar-refractivity contribution >= 4 is 5.91 Å². The quantitative estimate of drug-likeness (QED) is 0.686. The molecule has 1 spiro atoms. The van der Waals surface area contributed by atoms with E-state index in [1.807, 2.05) is 66.4 Å². The van der Waals surface area contributed by atoms with E-state index < -0.39 is 0 Å². The second-order valence-corrected chi connectivity index (χ2v) is 8.48. The zero-order chi connectivity index (χ0) is 20.0. The lowest BCUT2D eigenvalue weighted by atomic mass is 9.77. The highest BCUT2D eigenvalue weighted by Crippen LogP contribution is 2.47. The highest BCUT2D eigenvalue weighted by molar-refractivity contribution is 5.95. The van der Waals surface area contributed by atoms with Crippen LogP contribution in [-0.2, 0) is 0 Å². The predicted octanol–water partition coefficient (Wildman–Crippen LogP) is 3.56. The van der Waals surface area contributed by atoms with Crippen molar-refractivity contribution in [1.82, 2.24) is 20.0 Å². The van der Waals surface area contributed by atoms with Crippen molar-refractivity contribution < 1.29 is 9.21 Å². The summed E-state index contributed by atoms with van der Waals surface area (Å²) in [5, 5.41) is 8.56. The Morgan fingerprint density at radius 1 is 1.07 bits per heavy atom. The Bertz CT molecular complexity index is 1040. The largest absolute Gasteiger partial charge is 0.419 e. The van der Waals surface area contributed by atoms with Crippen LogP contribution in [-0.4, -0.2) is 52.6 Å². The van der Waals surface area contributed by atoms with E-state index in [-0.39, 0.29) is 17.4 Å². The lowest BCUT2D eigenvalue weighted by Crippen LogP contribution is -2.59. The number of nitrogens with zero attached hydrogens (tertiary/aromatic N) is 4. The smallest absolute Gasteiger partial charge is 0.253 e. The van der Waals surface area contributed by atoms with Gasteiger partial charge in [-0.2, -0.15) is 0 Å². The molecule has 2 aliphatic heterocycles. The molecule has 0 bridgehead atoms. The number of aryl methyl sites for hydroxylation is 1. The fourth-order valence-electron chi connectivity index (χ4n) is 4.71. The van der Waals surface area contributed by atoms with Gasteiger partial charge in [0.05, 0.1) is 6.04 Å². The minimum atomic E-state index is 0.0937. The lowest BCUT2D eigenvalue weighted by Gasteiger charge is -2.48. The Morgan fingerprint density at radius 3 is 2.62 bits per heavy atom. The van der Waals surface area contributed by atoms with Crippen molar-refractivity contribution in [1.29, 1.82) is 0 Å². The summed E-state index contributed by atoms with van der Waals surface area (Å²) < 4.78 is 6.00. The van der Waals surface area contributed by atoms with Crippen LogP contribution in [0.15, 0.2) is 59.0 Å². The van der Waals surface area contributed by atoms with Gasteiger partial charge in [0.2, 0.25) is 11.8 Å². The number of aromatic nitrogens is 2. The lowest BCUT2D eigenvalue weighted by molar-refractivity contribution is 0.0115. The molecule has 1 atom stereocenters. The Morgan fingerprint density at radius 2 is 1.86 bits per heavy atom. The Hall–Kier alpha value is -2.99. The van der Waals surface area contributed by atoms with E-state index in [1.54, 1.807) is 0 Å². The van der Waals surface area contributed by atoms with Crippen LogP contribution in [0, 0.1) is 12.3 Å². The Labute approximate surface area is 170 Å². The minimum Gasteiger partial charge on any atom is -0.419 e. The number of carbonyl (C=O) groups is 1. The Balaban J connectivity index is 1.28. The molecular weight excluding hydrogens is 364 g/mol. The predicted molar refractivity (Wildman–Crippen MR) is 109 cm³/mol. The second-order valence-electron chi connectivity index (χ2n) is 8.48. The van der Waals surface area contributed by atoms with Gasteiger partial charge in [-0.25, -0.2) is 0 Å². The van der Waals surface area contributed by atoms with Gasteiger partial charge in [0.25, 0.3) is 5.91 Å². The van der Waals surface area contributed by atoms with Crippen molar-refractivity contribution in [3.05, 3.63) is 71.6 Å². The molecule has 3 aromatic rings. The maximum atomic E-state index is 12.8. The summed E-state index contributed by atoms with van der Waals surface area (Å²) in [7, 11) is 2.09. The summed E-state index contributed by atoms with van der Waals surface area (Å²) in [5.74, 6) is 1.33. The summed E-state index contributed by atoms with van der Waals surface area (Å²) in [6.07, 6.45) is 0.928. The zero-order valence-corrected chi connectivity index (χ0v) is 16.7. The third-order valence-electron chi connectivity index (χ3n) is 6.09. The molecule has 6 nitrogen and oxygen atoms in total. The number of hydrogen-bond donors (Lipinski definition) is 0. The highest BCUT2D eigenvalue weighted by atomic mass is 16.4. The molecule has 148 valence electrons. The summed E-state index contributed by atoms with van der Waals surface area (Å²) in [6, 6.07) is 17.7. The van der Waals surface area contributed by atoms with Gasteiger partial charge in [0, 0.05) is 36.2 Å². The molecule has 1 amide bonds. The molecule has 6 heteroatoms. The van der Waals surface area contributed by atoms with Gasteiger partial charge in [-0.3, -0.25) is 9.69 Å². The van der Waals surface area contributed by atoms with Crippen LogP contribution in [0.1, 0.15) is 34.3 Å². The van der Waals surface area contributed by atoms with Crippen molar-refractivity contribution in [2.75, 3.05) is 26.7 Å². The zero-order valence-electron chi connectivity index (χ0n) is 16.7. The maximum Gasteiger partial charge on any atom is 0.253 e. The van der Waals surface area contributed by atoms with E-state index >= 15 is 0 Å². The number of hydrogen-bond acceptors (Lipinski definition) is 5. The molecule has 0 radical (unpaired) electrons. The average Bonchev–Trinajstić information content (AvgIpc) is 3.32. The van der Waals surface area contributed by atoms with E-state index in [1.165, 1.54) is 0 Å². The number of carbonyl (C=O) groups excluding carboxylic acids is 1. The number of likely N-dealkylation sites (tertiary alicyclic amines) is 2. The maximum absolute atomic E-state index is 12.8. The minimum absolute atomic E-state index is 0.0937.